The number of hydrogen-bond donors (Lipinski definition) is 2. The van der Waals surface area contributed by atoms with Crippen molar-refractivity contribution >= 4 is 15.9 Å². The fraction of sp³-hybridized carbons (Fsp3) is 0.300. The van der Waals surface area contributed by atoms with E-state index in [1.807, 2.05) is 4.72 Å². The van der Waals surface area contributed by atoms with Crippen LogP contribution >= 0.6 is 0 Å². The van der Waals surface area contributed by atoms with Crippen molar-refractivity contribution in [3.8, 4) is 0 Å². The normalized spacial score (nSPS) is 11.1. The fourth-order valence-corrected chi connectivity index (χ4v) is 2.52. The summed E-state index contributed by atoms with van der Waals surface area (Å²) in [5, 5.41) is 0. The molecule has 1 aromatic carbocycles. The van der Waals surface area contributed by atoms with E-state index >= 15 is 0 Å². The van der Waals surface area contributed by atoms with E-state index < -0.39 is 15.9 Å². The largest absolute Gasteiger partial charge is 0.326 e. The zero-order valence-electron chi connectivity index (χ0n) is 8.93. The molecule has 0 aliphatic carbocycles. The molecule has 1 rings (SSSR count). The first-order valence-corrected chi connectivity index (χ1v) is 6.33. The Morgan fingerprint density at radius 2 is 2.00 bits per heavy atom. The minimum Gasteiger partial charge on any atom is -0.326 e. The molecular weight excluding hydrogens is 228 g/mol. The second-order valence-electron chi connectivity index (χ2n) is 3.19. The van der Waals surface area contributed by atoms with Crippen LogP contribution in [0.2, 0.25) is 0 Å². The lowest BCUT2D eigenvalue weighted by molar-refractivity contribution is -0.119. The highest BCUT2D eigenvalue weighted by atomic mass is 32.2. The minimum absolute atomic E-state index is 0.0549. The summed E-state index contributed by atoms with van der Waals surface area (Å²) in [6.07, 6.45) is 0.115. The lowest BCUT2D eigenvalue weighted by Crippen LogP contribution is -2.30. The van der Waals surface area contributed by atoms with Crippen molar-refractivity contribution in [1.82, 2.24) is 4.72 Å². The van der Waals surface area contributed by atoms with Gasteiger partial charge in [-0.3, -0.25) is 4.79 Å². The van der Waals surface area contributed by atoms with Gasteiger partial charge in [0.2, 0.25) is 5.91 Å². The molecule has 88 valence electrons. The van der Waals surface area contributed by atoms with Crippen LogP contribution in [0.3, 0.4) is 0 Å². The summed E-state index contributed by atoms with van der Waals surface area (Å²) in [6, 6.07) is 6.32. The van der Waals surface area contributed by atoms with Crippen molar-refractivity contribution in [1.29, 1.82) is 0 Å². The van der Waals surface area contributed by atoms with Gasteiger partial charge in [0, 0.05) is 13.0 Å². The number of benzene rings is 1. The number of nitrogens with two attached hydrogens (primary N) is 1. The van der Waals surface area contributed by atoms with Crippen molar-refractivity contribution in [2.24, 2.45) is 5.73 Å². The Balaban J connectivity index is 3.12. The Bertz CT molecular complexity index is 483. The summed E-state index contributed by atoms with van der Waals surface area (Å²) in [4.78, 5) is 11.1. The van der Waals surface area contributed by atoms with Crippen molar-refractivity contribution in [3.05, 3.63) is 29.8 Å². The average Bonchev–Trinajstić information content (AvgIpc) is 2.28. The van der Waals surface area contributed by atoms with Crippen molar-refractivity contribution in [2.45, 2.75) is 24.8 Å². The van der Waals surface area contributed by atoms with E-state index in [-0.39, 0.29) is 17.9 Å². The average molecular weight is 242 g/mol. The Labute approximate surface area is 94.7 Å². The van der Waals surface area contributed by atoms with Gasteiger partial charge < -0.3 is 5.73 Å². The van der Waals surface area contributed by atoms with Gasteiger partial charge in [0.25, 0.3) is 10.0 Å². The van der Waals surface area contributed by atoms with E-state index in [0.717, 1.165) is 0 Å². The summed E-state index contributed by atoms with van der Waals surface area (Å²) in [5.41, 5.74) is 5.92. The number of amides is 1. The molecule has 0 aliphatic heterocycles. The van der Waals surface area contributed by atoms with Crippen LogP contribution in [0.15, 0.2) is 29.2 Å². The lowest BCUT2D eigenvalue weighted by Gasteiger charge is -2.09. The molecule has 3 N–H and O–H groups in total. The molecule has 0 bridgehead atoms. The molecule has 0 spiro atoms. The summed E-state index contributed by atoms with van der Waals surface area (Å²) in [5.74, 6) is -0.535. The smallest absolute Gasteiger partial charge is 0.264 e. The van der Waals surface area contributed by atoms with E-state index in [1.54, 1.807) is 25.1 Å². The maximum Gasteiger partial charge on any atom is 0.264 e. The molecule has 0 saturated carbocycles. The number of rotatable bonds is 4. The van der Waals surface area contributed by atoms with Gasteiger partial charge in [-0.2, -0.15) is 0 Å². The molecule has 5 nitrogen and oxygen atoms in total. The van der Waals surface area contributed by atoms with E-state index in [4.69, 9.17) is 5.73 Å². The standard InChI is InChI=1S/C10H14N2O3S/c1-2-10(13)12-16(14,15)9-6-4-3-5-8(9)7-11/h3-6H,2,7,11H2,1H3,(H,12,13). The van der Waals surface area contributed by atoms with Gasteiger partial charge in [-0.1, -0.05) is 25.1 Å². The highest BCUT2D eigenvalue weighted by molar-refractivity contribution is 7.90. The topological polar surface area (TPSA) is 89.3 Å². The molecule has 0 saturated heterocycles. The predicted octanol–water partition coefficient (Wildman–Crippen LogP) is 0.360. The number of carbonyl (C=O) groups excluding carboxylic acids is 1. The summed E-state index contributed by atoms with van der Waals surface area (Å²) >= 11 is 0. The molecule has 0 heterocycles. The van der Waals surface area contributed by atoms with Crippen LogP contribution in [0.4, 0.5) is 0 Å². The van der Waals surface area contributed by atoms with Crippen LogP contribution in [0, 0.1) is 0 Å². The molecule has 0 aromatic heterocycles. The summed E-state index contributed by atoms with van der Waals surface area (Å²) in [6.45, 7) is 1.69. The Hall–Kier alpha value is -1.40. The van der Waals surface area contributed by atoms with Gasteiger partial charge in [0.1, 0.15) is 0 Å². The van der Waals surface area contributed by atoms with Crippen molar-refractivity contribution < 1.29 is 13.2 Å². The van der Waals surface area contributed by atoms with Gasteiger partial charge in [-0.15, -0.1) is 0 Å². The zero-order valence-corrected chi connectivity index (χ0v) is 9.75. The third-order valence-electron chi connectivity index (χ3n) is 2.05. The van der Waals surface area contributed by atoms with Gasteiger partial charge >= 0.3 is 0 Å². The van der Waals surface area contributed by atoms with Crippen LogP contribution in [-0.4, -0.2) is 14.3 Å². The molecule has 1 aromatic rings. The highest BCUT2D eigenvalue weighted by Crippen LogP contribution is 2.14. The van der Waals surface area contributed by atoms with Gasteiger partial charge in [-0.05, 0) is 11.6 Å². The second kappa shape index (κ2) is 5.09. The quantitative estimate of drug-likeness (QED) is 0.797. The van der Waals surface area contributed by atoms with Crippen LogP contribution in [-0.2, 0) is 21.4 Å². The summed E-state index contributed by atoms with van der Waals surface area (Å²) in [7, 11) is -3.79. The minimum atomic E-state index is -3.79. The lowest BCUT2D eigenvalue weighted by atomic mass is 10.2. The van der Waals surface area contributed by atoms with Crippen LogP contribution in [0.1, 0.15) is 18.9 Å². The van der Waals surface area contributed by atoms with Crippen molar-refractivity contribution in [2.75, 3.05) is 0 Å². The monoisotopic (exact) mass is 242 g/mol. The van der Waals surface area contributed by atoms with E-state index in [1.165, 1.54) is 6.07 Å². The molecular formula is C10H14N2O3S. The zero-order chi connectivity index (χ0) is 12.2. The Morgan fingerprint density at radius 1 is 1.38 bits per heavy atom. The number of nitrogens with one attached hydrogen (secondary N) is 1. The van der Waals surface area contributed by atoms with Crippen molar-refractivity contribution in [3.63, 3.8) is 0 Å². The van der Waals surface area contributed by atoms with Gasteiger partial charge in [0.05, 0.1) is 4.90 Å². The number of hydrogen-bond acceptors (Lipinski definition) is 4. The summed E-state index contributed by atoms with van der Waals surface area (Å²) < 4.78 is 25.6. The van der Waals surface area contributed by atoms with E-state index in [2.05, 4.69) is 0 Å². The molecule has 0 unspecified atom stereocenters. The number of carbonyl (C=O) groups is 1. The third-order valence-corrected chi connectivity index (χ3v) is 3.53. The molecule has 0 atom stereocenters. The molecule has 16 heavy (non-hydrogen) atoms. The molecule has 0 radical (unpaired) electrons. The van der Waals surface area contributed by atoms with Gasteiger partial charge in [-0.25, -0.2) is 13.1 Å². The van der Waals surface area contributed by atoms with Gasteiger partial charge in [0.15, 0.2) is 0 Å². The molecule has 1 amide bonds. The maximum atomic E-state index is 11.8. The number of sulfonamides is 1. The molecule has 0 aliphatic rings. The van der Waals surface area contributed by atoms with Crippen LogP contribution < -0.4 is 10.5 Å². The Morgan fingerprint density at radius 3 is 2.56 bits per heavy atom. The Kier molecular flexibility index (Phi) is 4.03. The third kappa shape index (κ3) is 2.80. The molecule has 6 heteroatoms. The first kappa shape index (κ1) is 12.7. The highest BCUT2D eigenvalue weighted by Gasteiger charge is 2.19. The van der Waals surface area contributed by atoms with E-state index in [9.17, 15) is 13.2 Å². The van der Waals surface area contributed by atoms with E-state index in [0.29, 0.717) is 5.56 Å². The van der Waals surface area contributed by atoms with Crippen LogP contribution in [0.5, 0.6) is 0 Å². The molecule has 0 fully saturated rings. The second-order valence-corrected chi connectivity index (χ2v) is 4.84. The SMILES string of the molecule is CCC(=O)NS(=O)(=O)c1ccccc1CN. The first-order chi connectivity index (χ1) is 7.51. The first-order valence-electron chi connectivity index (χ1n) is 4.85. The predicted molar refractivity (Wildman–Crippen MR) is 60.0 cm³/mol. The fourth-order valence-electron chi connectivity index (χ4n) is 1.21. The maximum absolute atomic E-state index is 11.8. The van der Waals surface area contributed by atoms with Crippen LogP contribution in [0.25, 0.3) is 0 Å².